The number of carbonyl (C=O) groups is 1. The zero-order valence-electron chi connectivity index (χ0n) is 13.3. The number of carbonyl (C=O) groups excluding carboxylic acids is 1. The fraction of sp³-hybridized carbons (Fsp3) is 0.176. The maximum Gasteiger partial charge on any atom is 0.270 e. The SMILES string of the molecule is CC(=O)N(C)c1ccc([N+](=O)[O-])cc1C=N.Cc1ccccc1. The Morgan fingerprint density at radius 2 is 1.83 bits per heavy atom. The summed E-state index contributed by atoms with van der Waals surface area (Å²) in [5.41, 5.74) is 2.04. The smallest absolute Gasteiger partial charge is 0.270 e. The van der Waals surface area contributed by atoms with Crippen LogP contribution in [0, 0.1) is 22.4 Å². The highest BCUT2D eigenvalue weighted by atomic mass is 16.6. The molecular weight excluding hydrogens is 294 g/mol. The molecule has 23 heavy (non-hydrogen) atoms. The van der Waals surface area contributed by atoms with Crippen molar-refractivity contribution in [3.05, 3.63) is 69.8 Å². The average molecular weight is 313 g/mol. The van der Waals surface area contributed by atoms with Crippen molar-refractivity contribution < 1.29 is 9.72 Å². The van der Waals surface area contributed by atoms with Crippen molar-refractivity contribution >= 4 is 23.5 Å². The summed E-state index contributed by atoms with van der Waals surface area (Å²) in [6.07, 6.45) is 0.988. The largest absolute Gasteiger partial charge is 0.315 e. The zero-order chi connectivity index (χ0) is 17.4. The van der Waals surface area contributed by atoms with E-state index in [0.717, 1.165) is 6.21 Å². The Morgan fingerprint density at radius 3 is 2.22 bits per heavy atom. The number of nitrogens with one attached hydrogen (secondary N) is 1. The van der Waals surface area contributed by atoms with E-state index in [1.807, 2.05) is 18.2 Å². The molecule has 2 aromatic carbocycles. The molecule has 0 saturated carbocycles. The van der Waals surface area contributed by atoms with Gasteiger partial charge in [-0.25, -0.2) is 0 Å². The molecule has 0 saturated heterocycles. The van der Waals surface area contributed by atoms with Crippen molar-refractivity contribution in [3.63, 3.8) is 0 Å². The van der Waals surface area contributed by atoms with Crippen molar-refractivity contribution in [2.24, 2.45) is 0 Å². The Kier molecular flexibility index (Phi) is 6.61. The molecule has 0 aliphatic heterocycles. The van der Waals surface area contributed by atoms with E-state index in [4.69, 9.17) is 5.41 Å². The third-order valence-electron chi connectivity index (χ3n) is 3.15. The lowest BCUT2D eigenvalue weighted by molar-refractivity contribution is -0.384. The second-order valence-electron chi connectivity index (χ2n) is 4.88. The Bertz CT molecular complexity index is 699. The minimum atomic E-state index is -0.537. The third kappa shape index (κ3) is 5.35. The molecule has 2 rings (SSSR count). The molecule has 120 valence electrons. The van der Waals surface area contributed by atoms with Crippen molar-refractivity contribution in [2.75, 3.05) is 11.9 Å². The van der Waals surface area contributed by atoms with Crippen LogP contribution in [0.4, 0.5) is 11.4 Å². The maximum absolute atomic E-state index is 11.1. The summed E-state index contributed by atoms with van der Waals surface area (Å²) >= 11 is 0. The number of nitro groups is 1. The van der Waals surface area contributed by atoms with Crippen molar-refractivity contribution in [1.29, 1.82) is 5.41 Å². The molecular formula is C17H19N3O3. The molecule has 0 heterocycles. The molecule has 0 aliphatic carbocycles. The van der Waals surface area contributed by atoms with Gasteiger partial charge in [-0.05, 0) is 13.0 Å². The summed E-state index contributed by atoms with van der Waals surface area (Å²) < 4.78 is 0. The molecule has 0 unspecified atom stereocenters. The molecule has 1 N–H and O–H groups in total. The molecule has 0 radical (unpaired) electrons. The lowest BCUT2D eigenvalue weighted by Gasteiger charge is -2.16. The zero-order valence-corrected chi connectivity index (χ0v) is 13.3. The number of aryl methyl sites for hydroxylation is 1. The van der Waals surface area contributed by atoms with Gasteiger partial charge in [-0.3, -0.25) is 14.9 Å². The molecule has 0 spiro atoms. The number of nitro benzene ring substituents is 1. The number of rotatable bonds is 3. The third-order valence-corrected chi connectivity index (χ3v) is 3.15. The second-order valence-corrected chi connectivity index (χ2v) is 4.88. The predicted octanol–water partition coefficient (Wildman–Crippen LogP) is 3.57. The van der Waals surface area contributed by atoms with Crippen molar-refractivity contribution in [3.8, 4) is 0 Å². The van der Waals surface area contributed by atoms with Gasteiger partial charge in [0.15, 0.2) is 0 Å². The summed E-state index contributed by atoms with van der Waals surface area (Å²) in [6.45, 7) is 3.47. The van der Waals surface area contributed by atoms with E-state index in [1.54, 1.807) is 7.05 Å². The summed E-state index contributed by atoms with van der Waals surface area (Å²) in [7, 11) is 1.55. The Labute approximate surface area is 135 Å². The number of hydrogen-bond donors (Lipinski definition) is 1. The summed E-state index contributed by atoms with van der Waals surface area (Å²) in [5, 5.41) is 17.7. The van der Waals surface area contributed by atoms with Crippen LogP contribution >= 0.6 is 0 Å². The van der Waals surface area contributed by atoms with E-state index in [1.165, 1.54) is 35.6 Å². The Hall–Kier alpha value is -3.02. The number of hydrogen-bond acceptors (Lipinski definition) is 4. The van der Waals surface area contributed by atoms with E-state index in [2.05, 4.69) is 19.1 Å². The fourth-order valence-electron chi connectivity index (χ4n) is 1.78. The number of benzene rings is 2. The van der Waals surface area contributed by atoms with Gasteiger partial charge < -0.3 is 10.3 Å². The van der Waals surface area contributed by atoms with E-state index in [-0.39, 0.29) is 11.6 Å². The molecule has 6 heteroatoms. The van der Waals surface area contributed by atoms with Gasteiger partial charge in [-0.2, -0.15) is 0 Å². The lowest BCUT2D eigenvalue weighted by atomic mass is 10.1. The normalized spacial score (nSPS) is 9.35. The first kappa shape index (κ1) is 18.0. The quantitative estimate of drug-likeness (QED) is 0.534. The lowest BCUT2D eigenvalue weighted by Crippen LogP contribution is -2.24. The first-order valence-corrected chi connectivity index (χ1v) is 6.91. The topological polar surface area (TPSA) is 87.3 Å². The molecule has 2 aromatic rings. The minimum absolute atomic E-state index is 0.0980. The molecule has 0 bridgehead atoms. The maximum atomic E-state index is 11.1. The first-order valence-electron chi connectivity index (χ1n) is 6.91. The van der Waals surface area contributed by atoms with Crippen LogP contribution in [-0.4, -0.2) is 24.1 Å². The number of non-ortho nitro benzene ring substituents is 1. The number of amides is 1. The van der Waals surface area contributed by atoms with Crippen LogP contribution in [0.2, 0.25) is 0 Å². The van der Waals surface area contributed by atoms with Crippen molar-refractivity contribution in [2.45, 2.75) is 13.8 Å². The highest BCUT2D eigenvalue weighted by molar-refractivity contribution is 5.97. The Morgan fingerprint density at radius 1 is 1.22 bits per heavy atom. The van der Waals surface area contributed by atoms with Gasteiger partial charge in [0.1, 0.15) is 0 Å². The van der Waals surface area contributed by atoms with Crippen molar-refractivity contribution in [1.82, 2.24) is 0 Å². The van der Waals surface area contributed by atoms with Gasteiger partial charge in [-0.1, -0.05) is 35.9 Å². The summed E-state index contributed by atoms with van der Waals surface area (Å²) in [4.78, 5) is 22.5. The summed E-state index contributed by atoms with van der Waals surface area (Å²) in [6, 6.07) is 14.3. The van der Waals surface area contributed by atoms with Crippen LogP contribution in [0.15, 0.2) is 48.5 Å². The molecule has 6 nitrogen and oxygen atoms in total. The highest BCUT2D eigenvalue weighted by Crippen LogP contribution is 2.23. The minimum Gasteiger partial charge on any atom is -0.315 e. The van der Waals surface area contributed by atoms with Crippen LogP contribution in [0.3, 0.4) is 0 Å². The van der Waals surface area contributed by atoms with Crippen LogP contribution in [0.5, 0.6) is 0 Å². The van der Waals surface area contributed by atoms with Gasteiger partial charge in [0.05, 0.1) is 10.6 Å². The van der Waals surface area contributed by atoms with Crippen LogP contribution in [0.25, 0.3) is 0 Å². The van der Waals surface area contributed by atoms with Crippen LogP contribution in [0.1, 0.15) is 18.1 Å². The average Bonchev–Trinajstić information content (AvgIpc) is 2.54. The number of nitrogens with zero attached hydrogens (tertiary/aromatic N) is 2. The number of anilines is 1. The molecule has 1 amide bonds. The summed E-state index contributed by atoms with van der Waals surface area (Å²) in [5.74, 6) is -0.197. The van der Waals surface area contributed by atoms with E-state index in [0.29, 0.717) is 11.3 Å². The second kappa shape index (κ2) is 8.43. The molecule has 0 aliphatic rings. The standard InChI is InChI=1S/C10H11N3O3.C7H8/c1-7(14)12(2)10-4-3-9(13(15)16)5-8(10)6-11;1-7-5-3-2-4-6-7/h3-6,11H,1-2H3;2-6H,1H3. The first-order chi connectivity index (χ1) is 10.9. The predicted molar refractivity (Wildman–Crippen MR) is 91.2 cm³/mol. The van der Waals surface area contributed by atoms with Gasteiger partial charge >= 0.3 is 0 Å². The monoisotopic (exact) mass is 313 g/mol. The van der Waals surface area contributed by atoms with E-state index >= 15 is 0 Å². The molecule has 0 aromatic heterocycles. The van der Waals surface area contributed by atoms with E-state index < -0.39 is 4.92 Å². The molecule has 0 atom stereocenters. The van der Waals surface area contributed by atoms with Crippen LogP contribution in [-0.2, 0) is 4.79 Å². The van der Waals surface area contributed by atoms with Crippen LogP contribution < -0.4 is 4.90 Å². The van der Waals surface area contributed by atoms with E-state index in [9.17, 15) is 14.9 Å². The fourth-order valence-corrected chi connectivity index (χ4v) is 1.78. The highest BCUT2D eigenvalue weighted by Gasteiger charge is 2.14. The van der Waals surface area contributed by atoms with Gasteiger partial charge in [0.2, 0.25) is 5.91 Å². The van der Waals surface area contributed by atoms with Gasteiger partial charge in [0, 0.05) is 37.9 Å². The van der Waals surface area contributed by atoms with Gasteiger partial charge in [0.25, 0.3) is 5.69 Å². The van der Waals surface area contributed by atoms with Gasteiger partial charge in [-0.15, -0.1) is 0 Å². The Balaban J connectivity index is 0.000000313. The molecule has 0 fully saturated rings.